The first-order valence-corrected chi connectivity index (χ1v) is 7.93. The molecule has 0 aromatic carbocycles. The molecule has 0 bridgehead atoms. The molecule has 0 spiro atoms. The van der Waals surface area contributed by atoms with Crippen LogP contribution >= 0.6 is 0 Å². The number of carbonyl (C=O) groups excluding carboxylic acids is 1. The summed E-state index contributed by atoms with van der Waals surface area (Å²) in [5.74, 6) is 1.03. The Balaban J connectivity index is 1.71. The van der Waals surface area contributed by atoms with Gasteiger partial charge in [-0.15, -0.1) is 0 Å². The third-order valence-electron chi connectivity index (χ3n) is 4.80. The number of rotatable bonds is 5. The molecule has 1 aliphatic carbocycles. The highest BCUT2D eigenvalue weighted by molar-refractivity contribution is 5.81. The topological polar surface area (TPSA) is 44.4 Å². The second-order valence-electron chi connectivity index (χ2n) is 6.13. The second-order valence-corrected chi connectivity index (χ2v) is 6.13. The summed E-state index contributed by atoms with van der Waals surface area (Å²) in [6.45, 7) is 4.85. The molecule has 4 nitrogen and oxygen atoms in total. The van der Waals surface area contributed by atoms with Crippen molar-refractivity contribution >= 4 is 5.91 Å². The molecule has 1 heterocycles. The zero-order chi connectivity index (χ0) is 13.7. The Bertz CT molecular complexity index is 295. The van der Waals surface area contributed by atoms with Gasteiger partial charge in [-0.3, -0.25) is 4.79 Å². The van der Waals surface area contributed by atoms with E-state index < -0.39 is 0 Å². The molecule has 1 amide bonds. The summed E-state index contributed by atoms with van der Waals surface area (Å²) in [7, 11) is 2.08. The van der Waals surface area contributed by atoms with E-state index in [9.17, 15) is 4.79 Å². The van der Waals surface area contributed by atoms with Gasteiger partial charge in [0.2, 0.25) is 5.91 Å². The lowest BCUT2D eigenvalue weighted by molar-refractivity contribution is -0.124. The van der Waals surface area contributed by atoms with Crippen molar-refractivity contribution in [2.24, 2.45) is 5.92 Å². The molecule has 0 aromatic rings. The molecule has 2 fully saturated rings. The number of hydrogen-bond acceptors (Lipinski definition) is 3. The Morgan fingerprint density at radius 3 is 2.84 bits per heavy atom. The van der Waals surface area contributed by atoms with Crippen LogP contribution in [0, 0.1) is 5.92 Å². The van der Waals surface area contributed by atoms with E-state index in [1.807, 2.05) is 0 Å². The average Bonchev–Trinajstić information content (AvgIpc) is 2.46. The van der Waals surface area contributed by atoms with Gasteiger partial charge in [0.25, 0.3) is 0 Å². The minimum absolute atomic E-state index is 0.0475. The molecule has 4 heteroatoms. The summed E-state index contributed by atoms with van der Waals surface area (Å²) < 4.78 is 0. The molecule has 19 heavy (non-hydrogen) atoms. The van der Waals surface area contributed by atoms with Gasteiger partial charge < -0.3 is 15.5 Å². The van der Waals surface area contributed by atoms with Gasteiger partial charge in [0.05, 0.1) is 6.04 Å². The highest BCUT2D eigenvalue weighted by Gasteiger charge is 2.34. The molecule has 2 aliphatic rings. The molecule has 0 aromatic heterocycles. The smallest absolute Gasteiger partial charge is 0.237 e. The van der Waals surface area contributed by atoms with Gasteiger partial charge in [0.1, 0.15) is 0 Å². The summed E-state index contributed by atoms with van der Waals surface area (Å²) in [6, 6.07) is 0.642. The monoisotopic (exact) mass is 267 g/mol. The summed E-state index contributed by atoms with van der Waals surface area (Å²) in [5, 5.41) is 6.65. The first-order valence-electron chi connectivity index (χ1n) is 7.93. The van der Waals surface area contributed by atoms with E-state index in [-0.39, 0.29) is 11.9 Å². The number of fused-ring (bicyclic) bond motifs is 1. The van der Waals surface area contributed by atoms with Crippen LogP contribution in [0.5, 0.6) is 0 Å². The number of nitrogens with zero attached hydrogens (tertiary/aromatic N) is 1. The third kappa shape index (κ3) is 4.18. The molecule has 110 valence electrons. The van der Waals surface area contributed by atoms with Crippen molar-refractivity contribution in [3.63, 3.8) is 0 Å². The van der Waals surface area contributed by atoms with Crippen LogP contribution in [0.1, 0.15) is 45.4 Å². The fraction of sp³-hybridized carbons (Fsp3) is 0.933. The number of likely N-dealkylation sites (N-methyl/N-ethyl adjacent to an activating group) is 1. The summed E-state index contributed by atoms with van der Waals surface area (Å²) >= 11 is 0. The number of amides is 1. The Morgan fingerprint density at radius 2 is 2.05 bits per heavy atom. The van der Waals surface area contributed by atoms with Crippen LogP contribution in [0.15, 0.2) is 0 Å². The van der Waals surface area contributed by atoms with Gasteiger partial charge in [0.15, 0.2) is 0 Å². The lowest BCUT2D eigenvalue weighted by Crippen LogP contribution is -2.55. The normalized spacial score (nSPS) is 31.0. The molecule has 1 saturated heterocycles. The maximum atomic E-state index is 12.2. The Morgan fingerprint density at radius 1 is 1.26 bits per heavy atom. The van der Waals surface area contributed by atoms with Crippen molar-refractivity contribution in [3.8, 4) is 0 Å². The van der Waals surface area contributed by atoms with Crippen LogP contribution < -0.4 is 10.6 Å². The molecular weight excluding hydrogens is 238 g/mol. The van der Waals surface area contributed by atoms with Crippen LogP contribution in [0.25, 0.3) is 0 Å². The van der Waals surface area contributed by atoms with Crippen LogP contribution in [0.3, 0.4) is 0 Å². The zero-order valence-electron chi connectivity index (χ0n) is 12.5. The van der Waals surface area contributed by atoms with Gasteiger partial charge in [-0.2, -0.15) is 0 Å². The van der Waals surface area contributed by atoms with Crippen molar-refractivity contribution in [1.82, 2.24) is 15.5 Å². The molecule has 1 aliphatic heterocycles. The Hall–Kier alpha value is -0.610. The van der Waals surface area contributed by atoms with Crippen molar-refractivity contribution < 1.29 is 4.79 Å². The number of piperidine rings is 1. The lowest BCUT2D eigenvalue weighted by Gasteiger charge is -2.39. The standard InChI is InChI=1S/C15H29N3O/c1-3-18(2)11-10-16-15(19)14-9-8-12-6-4-5-7-13(12)17-14/h12-14,17H,3-11H2,1-2H3,(H,16,19). The van der Waals surface area contributed by atoms with Crippen molar-refractivity contribution in [3.05, 3.63) is 0 Å². The largest absolute Gasteiger partial charge is 0.353 e. The van der Waals surface area contributed by atoms with Crippen molar-refractivity contribution in [2.45, 2.75) is 57.5 Å². The van der Waals surface area contributed by atoms with Crippen LogP contribution in [-0.4, -0.2) is 49.6 Å². The van der Waals surface area contributed by atoms with E-state index in [1.165, 1.54) is 32.1 Å². The fourth-order valence-corrected chi connectivity index (χ4v) is 3.35. The first kappa shape index (κ1) is 14.8. The van der Waals surface area contributed by atoms with Gasteiger partial charge in [-0.25, -0.2) is 0 Å². The molecular formula is C15H29N3O. The quantitative estimate of drug-likeness (QED) is 0.790. The Labute approximate surface area is 117 Å². The maximum Gasteiger partial charge on any atom is 0.237 e. The Kier molecular flexibility index (Phi) is 5.64. The molecule has 2 rings (SSSR count). The molecule has 1 saturated carbocycles. The molecule has 3 unspecified atom stereocenters. The number of carbonyl (C=O) groups is 1. The van der Waals surface area contributed by atoms with E-state index in [4.69, 9.17) is 0 Å². The minimum Gasteiger partial charge on any atom is -0.353 e. The van der Waals surface area contributed by atoms with Gasteiger partial charge in [0, 0.05) is 19.1 Å². The highest BCUT2D eigenvalue weighted by atomic mass is 16.2. The van der Waals surface area contributed by atoms with Crippen LogP contribution in [0.4, 0.5) is 0 Å². The third-order valence-corrected chi connectivity index (χ3v) is 4.80. The molecule has 2 N–H and O–H groups in total. The first-order chi connectivity index (χ1) is 9.20. The van der Waals surface area contributed by atoms with Gasteiger partial charge in [-0.05, 0) is 45.2 Å². The van der Waals surface area contributed by atoms with Crippen LogP contribution in [-0.2, 0) is 4.79 Å². The van der Waals surface area contributed by atoms with E-state index >= 15 is 0 Å². The average molecular weight is 267 g/mol. The predicted octanol–water partition coefficient (Wildman–Crippen LogP) is 1.37. The van der Waals surface area contributed by atoms with E-state index in [0.717, 1.165) is 32.0 Å². The SMILES string of the molecule is CCN(C)CCNC(=O)C1CCC2CCCCC2N1. The minimum atomic E-state index is 0.0475. The van der Waals surface area contributed by atoms with Gasteiger partial charge in [-0.1, -0.05) is 19.8 Å². The summed E-state index contributed by atoms with van der Waals surface area (Å²) in [5.41, 5.74) is 0. The summed E-state index contributed by atoms with van der Waals surface area (Å²) in [4.78, 5) is 14.4. The molecule has 0 radical (unpaired) electrons. The van der Waals surface area contributed by atoms with Crippen molar-refractivity contribution in [1.29, 1.82) is 0 Å². The summed E-state index contributed by atoms with van der Waals surface area (Å²) in [6.07, 6.45) is 7.55. The second kappa shape index (κ2) is 7.25. The number of hydrogen-bond donors (Lipinski definition) is 2. The zero-order valence-corrected chi connectivity index (χ0v) is 12.5. The van der Waals surface area contributed by atoms with Crippen LogP contribution in [0.2, 0.25) is 0 Å². The predicted molar refractivity (Wildman–Crippen MR) is 78.1 cm³/mol. The highest BCUT2D eigenvalue weighted by Crippen LogP contribution is 2.32. The van der Waals surface area contributed by atoms with E-state index in [0.29, 0.717) is 6.04 Å². The fourth-order valence-electron chi connectivity index (χ4n) is 3.35. The van der Waals surface area contributed by atoms with E-state index in [2.05, 4.69) is 29.5 Å². The lowest BCUT2D eigenvalue weighted by atomic mass is 9.77. The maximum absolute atomic E-state index is 12.2. The van der Waals surface area contributed by atoms with E-state index in [1.54, 1.807) is 0 Å². The van der Waals surface area contributed by atoms with Crippen molar-refractivity contribution in [2.75, 3.05) is 26.7 Å². The number of nitrogens with one attached hydrogen (secondary N) is 2. The van der Waals surface area contributed by atoms with Gasteiger partial charge >= 0.3 is 0 Å². The molecule has 3 atom stereocenters.